The van der Waals surface area contributed by atoms with E-state index in [9.17, 15) is 34.4 Å². The number of aliphatic hydroxyl groups excluding tert-OH is 2. The number of H-pyrrole nitrogens is 1. The van der Waals surface area contributed by atoms with Gasteiger partial charge in [0, 0.05) is 0 Å². The molecule has 0 unspecified atom stereocenters. The van der Waals surface area contributed by atoms with Crippen LogP contribution < -0.4 is 5.56 Å². The molecule has 1 aliphatic rings. The molecule has 17 heteroatoms. The molecule has 16 nitrogen and oxygen atoms in total. The number of fused-ring (bicyclic) bond motifs is 1. The van der Waals surface area contributed by atoms with Crippen LogP contribution in [0.25, 0.3) is 5.52 Å². The van der Waals surface area contributed by atoms with Gasteiger partial charge in [-0.2, -0.15) is 10.4 Å². The number of aliphatic hydroxyl groups is 2. The van der Waals surface area contributed by atoms with Crippen LogP contribution in [0.3, 0.4) is 0 Å². The van der Waals surface area contributed by atoms with Crippen LogP contribution in [0.5, 0.6) is 0 Å². The number of nitrogens with zero attached hydrogens (tertiary/aromatic N) is 3. The Morgan fingerprint density at radius 1 is 1.10 bits per heavy atom. The van der Waals surface area contributed by atoms with Gasteiger partial charge in [-0.1, -0.05) is 0 Å². The summed E-state index contributed by atoms with van der Waals surface area (Å²) in [7, 11) is -4.66. The van der Waals surface area contributed by atoms with Gasteiger partial charge in [0.15, 0.2) is 0 Å². The number of aromatic nitrogens is 3. The highest BCUT2D eigenvalue weighted by atomic mass is 31.2. The van der Waals surface area contributed by atoms with Crippen molar-refractivity contribution < 1.29 is 52.1 Å². The summed E-state index contributed by atoms with van der Waals surface area (Å²) in [5.74, 6) is -1.38. The molecule has 226 valence electrons. The molecular weight excluding hydrogens is 567 g/mol. The average Bonchev–Trinajstić information content (AvgIpc) is 3.42. The second-order valence-electron chi connectivity index (χ2n) is 11.2. The van der Waals surface area contributed by atoms with E-state index < -0.39 is 80.3 Å². The summed E-state index contributed by atoms with van der Waals surface area (Å²) in [5.41, 5.74) is -4.56. The van der Waals surface area contributed by atoms with Gasteiger partial charge in [-0.05, 0) is 53.7 Å². The van der Waals surface area contributed by atoms with Crippen LogP contribution in [0, 0.1) is 22.2 Å². The number of aromatic amines is 1. The second kappa shape index (κ2) is 12.0. The molecule has 0 radical (unpaired) electrons. The van der Waals surface area contributed by atoms with Crippen molar-refractivity contribution in [1.82, 2.24) is 14.6 Å². The van der Waals surface area contributed by atoms with Gasteiger partial charge in [0.1, 0.15) is 36.2 Å². The van der Waals surface area contributed by atoms with Crippen molar-refractivity contribution in [2.24, 2.45) is 10.8 Å². The molecular formula is C24H33N4O12P. The fraction of sp³-hybridized carbons (Fsp3) is 0.625. The van der Waals surface area contributed by atoms with Gasteiger partial charge in [0.05, 0.1) is 23.1 Å². The quantitative estimate of drug-likeness (QED) is 0.198. The molecule has 0 saturated carbocycles. The molecule has 1 aliphatic heterocycles. The van der Waals surface area contributed by atoms with E-state index in [0.29, 0.717) is 0 Å². The lowest BCUT2D eigenvalue weighted by Crippen LogP contribution is -2.41. The number of nitriles is 1. The summed E-state index contributed by atoms with van der Waals surface area (Å²) < 4.78 is 45.4. The van der Waals surface area contributed by atoms with Gasteiger partial charge in [-0.15, -0.1) is 0 Å². The molecule has 1 fully saturated rings. The predicted molar refractivity (Wildman–Crippen MR) is 137 cm³/mol. The minimum Gasteiger partial charge on any atom is -0.437 e. The predicted octanol–water partition coefficient (Wildman–Crippen LogP) is 1.11. The molecule has 4 atom stereocenters. The van der Waals surface area contributed by atoms with E-state index in [-0.39, 0.29) is 11.2 Å². The maximum absolute atomic E-state index is 13.3. The minimum atomic E-state index is -4.66. The Labute approximate surface area is 234 Å². The molecule has 0 aromatic carbocycles. The number of hydrogen-bond donors (Lipinski definition) is 3. The van der Waals surface area contributed by atoms with Crippen LogP contribution in [-0.4, -0.2) is 75.3 Å². The molecule has 0 bridgehead atoms. The highest BCUT2D eigenvalue weighted by Gasteiger charge is 2.58. The third-order valence-electron chi connectivity index (χ3n) is 5.89. The van der Waals surface area contributed by atoms with Crippen LogP contribution >= 0.6 is 7.82 Å². The smallest absolute Gasteiger partial charge is 0.437 e. The summed E-state index contributed by atoms with van der Waals surface area (Å²) in [6.45, 7) is 7.00. The summed E-state index contributed by atoms with van der Waals surface area (Å²) in [6, 6.07) is 4.48. The Balaban J connectivity index is 1.78. The lowest BCUT2D eigenvalue weighted by molar-refractivity contribution is -0.163. The lowest BCUT2D eigenvalue weighted by Gasteiger charge is -2.24. The van der Waals surface area contributed by atoms with Crippen LogP contribution in [-0.2, 0) is 47.5 Å². The first-order valence-corrected chi connectivity index (χ1v) is 13.8. The Hall–Kier alpha value is -3.16. The van der Waals surface area contributed by atoms with Gasteiger partial charge < -0.3 is 29.4 Å². The first-order valence-electron chi connectivity index (χ1n) is 12.3. The van der Waals surface area contributed by atoms with Crippen molar-refractivity contribution in [2.45, 2.75) is 65.5 Å². The molecule has 3 rings (SSSR count). The van der Waals surface area contributed by atoms with Gasteiger partial charge in [0.2, 0.25) is 19.2 Å². The molecule has 1 saturated heterocycles. The van der Waals surface area contributed by atoms with E-state index >= 15 is 0 Å². The number of rotatable bonds is 10. The summed E-state index contributed by atoms with van der Waals surface area (Å²) >= 11 is 0. The molecule has 0 amide bonds. The van der Waals surface area contributed by atoms with E-state index in [1.165, 1.54) is 12.1 Å². The van der Waals surface area contributed by atoms with Crippen LogP contribution in [0.2, 0.25) is 0 Å². The zero-order valence-corrected chi connectivity index (χ0v) is 24.2. The van der Waals surface area contributed by atoms with Gasteiger partial charge in [0.25, 0.3) is 5.56 Å². The monoisotopic (exact) mass is 600 g/mol. The second-order valence-corrected chi connectivity index (χ2v) is 12.8. The fourth-order valence-corrected chi connectivity index (χ4v) is 4.46. The molecule has 0 aliphatic carbocycles. The zero-order valence-electron chi connectivity index (χ0n) is 23.4. The molecule has 2 aromatic heterocycles. The Morgan fingerprint density at radius 2 is 1.66 bits per heavy atom. The Bertz CT molecular complexity index is 1380. The normalized spacial score (nSPS) is 23.3. The largest absolute Gasteiger partial charge is 0.480 e. The topological polar surface area (TPSA) is 221 Å². The minimum absolute atomic E-state index is 0.0445. The van der Waals surface area contributed by atoms with E-state index in [0.717, 1.165) is 10.8 Å². The number of carbonyl (C=O) groups is 2. The SMILES string of the molecule is CC(C)(C)C(=O)OCOP(=O)(OCOC(=O)C(C)(C)C)OC[C@H]1O[C@@](C#N)(c2ccc3c(=O)[nH]cnn23)[C@H](O)[C@@H]1O. The maximum Gasteiger partial charge on any atom is 0.480 e. The summed E-state index contributed by atoms with van der Waals surface area (Å²) in [4.78, 5) is 38.6. The van der Waals surface area contributed by atoms with Crippen molar-refractivity contribution in [3.8, 4) is 6.07 Å². The van der Waals surface area contributed by atoms with E-state index in [2.05, 4.69) is 10.1 Å². The maximum atomic E-state index is 13.3. The standard InChI is InChI=1S/C24H33N4O12P/c1-22(2,3)20(32)35-12-38-41(34,39-13-36-21(33)23(4,5)6)37-9-15-17(29)18(30)24(10-25,40-15)16-8-7-14-19(31)26-11-27-28(14)16/h7-8,11,15,17-18,29-30H,9,12-13H2,1-6H3,(H,26,27,31)/t15-,17-,18-,24+/m1/s1. The fourth-order valence-electron chi connectivity index (χ4n) is 3.54. The molecule has 0 spiro atoms. The van der Waals surface area contributed by atoms with Crippen molar-refractivity contribution in [3.63, 3.8) is 0 Å². The summed E-state index contributed by atoms with van der Waals surface area (Å²) in [5, 5.41) is 35.5. The zero-order chi connectivity index (χ0) is 30.8. The Kier molecular flexibility index (Phi) is 9.46. The van der Waals surface area contributed by atoms with Gasteiger partial charge in [-0.25, -0.2) is 18.1 Å². The lowest BCUT2D eigenvalue weighted by atomic mass is 9.92. The van der Waals surface area contributed by atoms with Crippen molar-refractivity contribution in [2.75, 3.05) is 20.2 Å². The Morgan fingerprint density at radius 3 is 2.17 bits per heavy atom. The first-order chi connectivity index (χ1) is 18.9. The highest BCUT2D eigenvalue weighted by molar-refractivity contribution is 7.48. The summed E-state index contributed by atoms with van der Waals surface area (Å²) in [6.07, 6.45) is -4.02. The van der Waals surface area contributed by atoms with Crippen LogP contribution in [0.4, 0.5) is 0 Å². The number of carbonyl (C=O) groups excluding carboxylic acids is 2. The number of phosphoric ester groups is 1. The number of esters is 2. The molecule has 3 N–H and O–H groups in total. The molecule has 2 aromatic rings. The third kappa shape index (κ3) is 7.02. The molecule has 3 heterocycles. The van der Waals surface area contributed by atoms with Crippen LogP contribution in [0.15, 0.2) is 23.3 Å². The third-order valence-corrected chi connectivity index (χ3v) is 7.19. The van der Waals surface area contributed by atoms with Crippen molar-refractivity contribution in [1.29, 1.82) is 5.26 Å². The van der Waals surface area contributed by atoms with Crippen molar-refractivity contribution >= 4 is 25.3 Å². The first kappa shape index (κ1) is 32.4. The number of ether oxygens (including phenoxy) is 3. The van der Waals surface area contributed by atoms with E-state index in [4.69, 9.17) is 27.8 Å². The number of phosphoric acid groups is 1. The average molecular weight is 601 g/mol. The van der Waals surface area contributed by atoms with Crippen molar-refractivity contribution in [3.05, 3.63) is 34.5 Å². The van der Waals surface area contributed by atoms with E-state index in [1.54, 1.807) is 41.5 Å². The van der Waals surface area contributed by atoms with Gasteiger partial charge in [-0.3, -0.25) is 18.9 Å². The molecule has 41 heavy (non-hydrogen) atoms. The van der Waals surface area contributed by atoms with E-state index in [1.807, 2.05) is 6.07 Å². The van der Waals surface area contributed by atoms with Gasteiger partial charge >= 0.3 is 19.8 Å². The van der Waals surface area contributed by atoms with Crippen LogP contribution in [0.1, 0.15) is 47.2 Å². The number of nitrogens with one attached hydrogen (secondary N) is 1. The highest BCUT2D eigenvalue weighted by Crippen LogP contribution is 2.51. The number of hydrogen-bond acceptors (Lipinski definition) is 14.